The average Bonchev–Trinajstić information content (AvgIpc) is 3.32. The summed E-state index contributed by atoms with van der Waals surface area (Å²) in [7, 11) is 0. The van der Waals surface area contributed by atoms with Crippen LogP contribution in [-0.4, -0.2) is 52.5 Å². The van der Waals surface area contributed by atoms with E-state index < -0.39 is 30.0 Å². The first-order chi connectivity index (χ1) is 16.2. The van der Waals surface area contributed by atoms with Crippen molar-refractivity contribution in [1.29, 1.82) is 0 Å². The molecule has 34 heavy (non-hydrogen) atoms. The Balaban J connectivity index is 1.38. The fourth-order valence-electron chi connectivity index (χ4n) is 9.24. The molecule has 5 aliphatic carbocycles. The topological polar surface area (TPSA) is 93.1 Å². The highest BCUT2D eigenvalue weighted by Gasteiger charge is 2.75. The summed E-state index contributed by atoms with van der Waals surface area (Å²) in [6.45, 7) is 3.68. The third kappa shape index (κ3) is 2.89. The molecule has 0 aromatic heterocycles. The number of aliphatic hydroxyl groups is 2. The van der Waals surface area contributed by atoms with Crippen LogP contribution in [0.5, 0.6) is 0 Å². The monoisotopic (exact) mass is 470 g/mol. The SMILES string of the molecule is C[C@]12C=CC(=O)CC1=CC[C@@H]1[C@@H]2[C@@H](O)C[C@@]2(C)[C@H]1C[C@H]1O[C@@H](C3CCCCC3)O[C@]12C(=O)CO. The van der Waals surface area contributed by atoms with Crippen molar-refractivity contribution in [2.45, 2.75) is 95.7 Å². The van der Waals surface area contributed by atoms with E-state index in [2.05, 4.69) is 19.9 Å². The molecule has 0 aromatic carbocycles. The van der Waals surface area contributed by atoms with Gasteiger partial charge in [0, 0.05) is 29.1 Å². The second kappa shape index (κ2) is 7.83. The van der Waals surface area contributed by atoms with Crippen molar-refractivity contribution in [2.75, 3.05) is 6.61 Å². The van der Waals surface area contributed by atoms with Crippen molar-refractivity contribution in [3.8, 4) is 0 Å². The standard InChI is InChI=1S/C28H38O6/c1-26-11-10-18(30)12-17(26)8-9-19-20-13-23-28(22(32)15-29,27(20,2)14-21(31)24(19)26)34-25(33-23)16-6-4-3-5-7-16/h8,10-11,16,19-21,23-25,29,31H,3-7,9,12-15H2,1-2H3/t19-,20-,21-,23+,24+,25+,26-,27-,28+/m0/s1. The number of Topliss-reactive ketones (excluding diaryl/α,β-unsaturated/α-hetero) is 1. The van der Waals surface area contributed by atoms with Crippen molar-refractivity contribution in [2.24, 2.45) is 34.5 Å². The van der Waals surface area contributed by atoms with Crippen LogP contribution in [0.1, 0.15) is 71.6 Å². The Morgan fingerprint density at radius 1 is 1.21 bits per heavy atom. The van der Waals surface area contributed by atoms with E-state index >= 15 is 0 Å². The van der Waals surface area contributed by atoms with Gasteiger partial charge < -0.3 is 19.7 Å². The molecule has 1 saturated heterocycles. The van der Waals surface area contributed by atoms with Crippen LogP contribution < -0.4 is 0 Å². The maximum absolute atomic E-state index is 13.5. The first-order valence-corrected chi connectivity index (χ1v) is 13.3. The van der Waals surface area contributed by atoms with Gasteiger partial charge in [-0.3, -0.25) is 9.59 Å². The van der Waals surface area contributed by atoms with Gasteiger partial charge in [0.25, 0.3) is 0 Å². The Labute approximate surface area is 201 Å². The maximum Gasteiger partial charge on any atom is 0.193 e. The summed E-state index contributed by atoms with van der Waals surface area (Å²) < 4.78 is 13.3. The summed E-state index contributed by atoms with van der Waals surface area (Å²) in [5.41, 5.74) is -1.05. The number of allylic oxidation sites excluding steroid dienone is 4. The zero-order valence-electron chi connectivity index (χ0n) is 20.4. The largest absolute Gasteiger partial charge is 0.393 e. The lowest BCUT2D eigenvalue weighted by atomic mass is 9.47. The van der Waals surface area contributed by atoms with Crippen LogP contribution in [0.15, 0.2) is 23.8 Å². The molecule has 3 saturated carbocycles. The first kappa shape index (κ1) is 23.1. The molecule has 6 nitrogen and oxygen atoms in total. The Kier molecular flexibility index (Phi) is 5.31. The molecule has 9 atom stereocenters. The number of ketones is 2. The van der Waals surface area contributed by atoms with Gasteiger partial charge in [-0.25, -0.2) is 0 Å². The zero-order valence-corrected chi connectivity index (χ0v) is 20.4. The first-order valence-electron chi connectivity index (χ1n) is 13.3. The summed E-state index contributed by atoms with van der Waals surface area (Å²) in [5, 5.41) is 21.7. The molecule has 6 heteroatoms. The molecule has 6 rings (SSSR count). The van der Waals surface area contributed by atoms with Gasteiger partial charge >= 0.3 is 0 Å². The van der Waals surface area contributed by atoms with Crippen molar-refractivity contribution < 1.29 is 29.3 Å². The molecule has 0 unspecified atom stereocenters. The van der Waals surface area contributed by atoms with E-state index in [0.717, 1.165) is 37.7 Å². The van der Waals surface area contributed by atoms with Crippen molar-refractivity contribution in [3.63, 3.8) is 0 Å². The number of hydrogen-bond donors (Lipinski definition) is 2. The molecule has 0 radical (unpaired) electrons. The quantitative estimate of drug-likeness (QED) is 0.614. The van der Waals surface area contributed by atoms with Crippen LogP contribution >= 0.6 is 0 Å². The second-order valence-corrected chi connectivity index (χ2v) is 12.3. The number of aliphatic hydroxyl groups excluding tert-OH is 2. The highest BCUT2D eigenvalue weighted by Crippen LogP contribution is 2.69. The van der Waals surface area contributed by atoms with E-state index in [1.165, 1.54) is 6.42 Å². The summed E-state index contributed by atoms with van der Waals surface area (Å²) in [4.78, 5) is 25.6. The molecule has 6 aliphatic rings. The van der Waals surface area contributed by atoms with Crippen LogP contribution in [0.3, 0.4) is 0 Å². The number of ether oxygens (including phenoxy) is 2. The summed E-state index contributed by atoms with van der Waals surface area (Å²) in [5.74, 6) is 0.395. The van der Waals surface area contributed by atoms with E-state index in [0.29, 0.717) is 19.3 Å². The molecular formula is C28H38O6. The summed E-state index contributed by atoms with van der Waals surface area (Å²) >= 11 is 0. The predicted molar refractivity (Wildman–Crippen MR) is 125 cm³/mol. The molecule has 0 bridgehead atoms. The maximum atomic E-state index is 13.5. The molecule has 0 spiro atoms. The molecular weight excluding hydrogens is 432 g/mol. The van der Waals surface area contributed by atoms with Crippen LogP contribution in [0.2, 0.25) is 0 Å². The van der Waals surface area contributed by atoms with Gasteiger partial charge in [-0.15, -0.1) is 0 Å². The van der Waals surface area contributed by atoms with Crippen LogP contribution in [0.4, 0.5) is 0 Å². The predicted octanol–water partition coefficient (Wildman–Crippen LogP) is 3.50. The van der Waals surface area contributed by atoms with Crippen molar-refractivity contribution >= 4 is 11.6 Å². The van der Waals surface area contributed by atoms with Crippen molar-refractivity contribution in [1.82, 2.24) is 0 Å². The lowest BCUT2D eigenvalue weighted by molar-refractivity contribution is -0.207. The van der Waals surface area contributed by atoms with Crippen LogP contribution in [0.25, 0.3) is 0 Å². The van der Waals surface area contributed by atoms with Gasteiger partial charge in [0.15, 0.2) is 23.5 Å². The normalized spacial score (nSPS) is 50.2. The average molecular weight is 471 g/mol. The van der Waals surface area contributed by atoms with Gasteiger partial charge in [0.05, 0.1) is 12.2 Å². The third-order valence-electron chi connectivity index (χ3n) is 10.8. The molecule has 4 fully saturated rings. The molecule has 0 amide bonds. The van der Waals surface area contributed by atoms with E-state index in [1.807, 2.05) is 6.08 Å². The number of carbonyl (C=O) groups is 2. The van der Waals surface area contributed by atoms with Gasteiger partial charge in [-0.2, -0.15) is 0 Å². The summed E-state index contributed by atoms with van der Waals surface area (Å²) in [6.07, 6.45) is 12.5. The summed E-state index contributed by atoms with van der Waals surface area (Å²) in [6, 6.07) is 0. The number of fused-ring (bicyclic) bond motifs is 7. The van der Waals surface area contributed by atoms with Gasteiger partial charge in [0.1, 0.15) is 6.61 Å². The van der Waals surface area contributed by atoms with Crippen LogP contribution in [0, 0.1) is 34.5 Å². The molecule has 2 N–H and O–H groups in total. The third-order valence-corrected chi connectivity index (χ3v) is 10.8. The van der Waals surface area contributed by atoms with Gasteiger partial charge in [0.2, 0.25) is 0 Å². The van der Waals surface area contributed by atoms with E-state index in [-0.39, 0.29) is 46.8 Å². The fraction of sp³-hybridized carbons (Fsp3) is 0.786. The van der Waals surface area contributed by atoms with E-state index in [9.17, 15) is 19.8 Å². The minimum absolute atomic E-state index is 0.0100. The smallest absolute Gasteiger partial charge is 0.193 e. The number of carbonyl (C=O) groups excluding carboxylic acids is 2. The minimum atomic E-state index is -1.20. The Bertz CT molecular complexity index is 949. The molecule has 0 aromatic rings. The zero-order chi connectivity index (χ0) is 23.9. The number of hydrogen-bond acceptors (Lipinski definition) is 6. The van der Waals surface area contributed by atoms with E-state index in [1.54, 1.807) is 6.08 Å². The molecule has 1 heterocycles. The second-order valence-electron chi connectivity index (χ2n) is 12.3. The highest BCUT2D eigenvalue weighted by atomic mass is 16.7. The number of rotatable bonds is 3. The van der Waals surface area contributed by atoms with Gasteiger partial charge in [-0.05, 0) is 50.0 Å². The van der Waals surface area contributed by atoms with Gasteiger partial charge in [-0.1, -0.05) is 50.8 Å². The lowest BCUT2D eigenvalue weighted by Crippen LogP contribution is -2.63. The van der Waals surface area contributed by atoms with Crippen LogP contribution in [-0.2, 0) is 19.1 Å². The lowest BCUT2D eigenvalue weighted by Gasteiger charge is -2.59. The van der Waals surface area contributed by atoms with E-state index in [4.69, 9.17) is 9.47 Å². The Morgan fingerprint density at radius 3 is 2.71 bits per heavy atom. The Morgan fingerprint density at radius 2 is 1.97 bits per heavy atom. The minimum Gasteiger partial charge on any atom is -0.393 e. The van der Waals surface area contributed by atoms with Crippen molar-refractivity contribution in [3.05, 3.63) is 23.8 Å². The molecule has 186 valence electrons. The molecule has 1 aliphatic heterocycles. The fourth-order valence-corrected chi connectivity index (χ4v) is 9.24. The Hall–Kier alpha value is -1.34. The highest BCUT2D eigenvalue weighted by molar-refractivity contribution is 5.93.